The van der Waals surface area contributed by atoms with Crippen LogP contribution in [0.5, 0.6) is 0 Å². The lowest BCUT2D eigenvalue weighted by Crippen LogP contribution is -2.41. The van der Waals surface area contributed by atoms with Crippen molar-refractivity contribution in [2.45, 2.75) is 19.8 Å². The van der Waals surface area contributed by atoms with Crippen molar-refractivity contribution in [3.05, 3.63) is 64.6 Å². The zero-order valence-electron chi connectivity index (χ0n) is 16.8. The third kappa shape index (κ3) is 4.54. The number of esters is 1. The van der Waals surface area contributed by atoms with E-state index in [-0.39, 0.29) is 12.5 Å². The first-order valence-electron chi connectivity index (χ1n) is 10.1. The Balaban J connectivity index is 1.58. The topological polar surface area (TPSA) is 59.5 Å². The highest BCUT2D eigenvalue weighted by Crippen LogP contribution is 2.26. The fraction of sp³-hybridized carbons (Fsp3) is 0.292. The average molecular weight is 467 g/mol. The molecule has 1 unspecified atom stereocenters. The molecule has 1 aliphatic rings. The number of carbonyl (C=O) groups excluding carboxylic acids is 2. The maximum Gasteiger partial charge on any atom is 0.339 e. The Morgan fingerprint density at radius 1 is 1.17 bits per heavy atom. The van der Waals surface area contributed by atoms with E-state index in [1.807, 2.05) is 48.5 Å². The van der Waals surface area contributed by atoms with E-state index in [0.717, 1.165) is 36.0 Å². The van der Waals surface area contributed by atoms with Crippen LogP contribution in [0.25, 0.3) is 22.2 Å². The molecule has 1 aliphatic heterocycles. The minimum absolute atomic E-state index is 0.138. The smallest absolute Gasteiger partial charge is 0.339 e. The van der Waals surface area contributed by atoms with E-state index in [0.29, 0.717) is 28.1 Å². The molecule has 0 radical (unpaired) electrons. The molecule has 30 heavy (non-hydrogen) atoms. The molecule has 0 saturated carbocycles. The van der Waals surface area contributed by atoms with E-state index < -0.39 is 5.97 Å². The summed E-state index contributed by atoms with van der Waals surface area (Å²) in [4.78, 5) is 31.9. The van der Waals surface area contributed by atoms with Crippen molar-refractivity contribution in [3.8, 4) is 11.3 Å². The summed E-state index contributed by atoms with van der Waals surface area (Å²) in [6.45, 7) is 3.35. The Morgan fingerprint density at radius 3 is 2.70 bits per heavy atom. The molecule has 0 aliphatic carbocycles. The molecule has 1 amide bonds. The van der Waals surface area contributed by atoms with Crippen LogP contribution in [-0.4, -0.2) is 41.5 Å². The number of piperidine rings is 1. The Hall–Kier alpha value is -2.73. The van der Waals surface area contributed by atoms with E-state index in [4.69, 9.17) is 9.72 Å². The first-order chi connectivity index (χ1) is 14.5. The van der Waals surface area contributed by atoms with Crippen molar-refractivity contribution in [1.82, 2.24) is 9.88 Å². The van der Waals surface area contributed by atoms with Gasteiger partial charge in [-0.3, -0.25) is 4.79 Å². The summed E-state index contributed by atoms with van der Waals surface area (Å²) >= 11 is 3.44. The molecule has 3 aromatic rings. The van der Waals surface area contributed by atoms with Crippen LogP contribution in [0.1, 0.15) is 30.1 Å². The van der Waals surface area contributed by atoms with Gasteiger partial charge in [0, 0.05) is 28.5 Å². The summed E-state index contributed by atoms with van der Waals surface area (Å²) in [5, 5.41) is 0.711. The number of aromatic nitrogens is 1. The number of fused-ring (bicyclic) bond motifs is 1. The van der Waals surface area contributed by atoms with E-state index >= 15 is 0 Å². The van der Waals surface area contributed by atoms with Gasteiger partial charge in [0.05, 0.1) is 16.8 Å². The van der Waals surface area contributed by atoms with Gasteiger partial charge in [-0.15, -0.1) is 0 Å². The minimum atomic E-state index is -0.509. The molecule has 154 valence electrons. The Bertz CT molecular complexity index is 1080. The van der Waals surface area contributed by atoms with Gasteiger partial charge in [0.15, 0.2) is 6.61 Å². The monoisotopic (exact) mass is 466 g/mol. The Kier molecular flexibility index (Phi) is 6.13. The number of carbonyl (C=O) groups is 2. The molecule has 6 heteroatoms. The maximum absolute atomic E-state index is 12.9. The van der Waals surface area contributed by atoms with Crippen LogP contribution in [-0.2, 0) is 9.53 Å². The van der Waals surface area contributed by atoms with Crippen molar-refractivity contribution in [2.75, 3.05) is 19.7 Å². The SMILES string of the molecule is CC1CCCN(C(=O)COC(=O)c2cc(-c3ccc(Br)cc3)nc3ccccc23)C1. The van der Waals surface area contributed by atoms with Crippen LogP contribution in [0.2, 0.25) is 0 Å². The van der Waals surface area contributed by atoms with Crippen molar-refractivity contribution >= 4 is 38.7 Å². The third-order valence-corrected chi connectivity index (χ3v) is 5.94. The van der Waals surface area contributed by atoms with Crippen LogP contribution in [0.15, 0.2) is 59.1 Å². The van der Waals surface area contributed by atoms with Gasteiger partial charge >= 0.3 is 5.97 Å². The number of amides is 1. The second-order valence-corrected chi connectivity index (χ2v) is 8.66. The zero-order chi connectivity index (χ0) is 21.1. The number of nitrogens with zero attached hydrogens (tertiary/aromatic N) is 2. The van der Waals surface area contributed by atoms with Crippen LogP contribution >= 0.6 is 15.9 Å². The Labute approximate surface area is 184 Å². The largest absolute Gasteiger partial charge is 0.452 e. The molecule has 5 nitrogen and oxygen atoms in total. The first kappa shape index (κ1) is 20.5. The molecule has 1 saturated heterocycles. The Morgan fingerprint density at radius 2 is 1.93 bits per heavy atom. The van der Waals surface area contributed by atoms with Gasteiger partial charge in [-0.05, 0) is 43.0 Å². The fourth-order valence-corrected chi connectivity index (χ4v) is 4.09. The lowest BCUT2D eigenvalue weighted by molar-refractivity contribution is -0.136. The highest BCUT2D eigenvalue weighted by Gasteiger charge is 2.23. The van der Waals surface area contributed by atoms with Crippen LogP contribution < -0.4 is 0 Å². The second-order valence-electron chi connectivity index (χ2n) is 7.74. The average Bonchev–Trinajstić information content (AvgIpc) is 2.77. The molecule has 4 rings (SSSR count). The molecule has 1 atom stereocenters. The van der Waals surface area contributed by atoms with Crippen molar-refractivity contribution in [1.29, 1.82) is 0 Å². The second kappa shape index (κ2) is 8.96. The predicted molar refractivity (Wildman–Crippen MR) is 120 cm³/mol. The first-order valence-corrected chi connectivity index (χ1v) is 10.9. The number of rotatable bonds is 4. The number of hydrogen-bond donors (Lipinski definition) is 0. The van der Waals surface area contributed by atoms with Gasteiger partial charge in [0.25, 0.3) is 5.91 Å². The normalized spacial score (nSPS) is 16.5. The summed E-state index contributed by atoms with van der Waals surface area (Å²) in [7, 11) is 0. The zero-order valence-corrected chi connectivity index (χ0v) is 18.4. The minimum Gasteiger partial charge on any atom is -0.452 e. The highest BCUT2D eigenvalue weighted by atomic mass is 79.9. The number of likely N-dealkylation sites (tertiary alicyclic amines) is 1. The van der Waals surface area contributed by atoms with Crippen LogP contribution in [0, 0.1) is 5.92 Å². The molecule has 1 aromatic heterocycles. The maximum atomic E-state index is 12.9. The van der Waals surface area contributed by atoms with Gasteiger partial charge in [-0.25, -0.2) is 9.78 Å². The number of benzene rings is 2. The quantitative estimate of drug-likeness (QED) is 0.503. The van der Waals surface area contributed by atoms with E-state index in [1.165, 1.54) is 0 Å². The lowest BCUT2D eigenvalue weighted by atomic mass is 10.0. The van der Waals surface area contributed by atoms with Crippen molar-refractivity contribution < 1.29 is 14.3 Å². The summed E-state index contributed by atoms with van der Waals surface area (Å²) in [5.41, 5.74) is 2.71. The van der Waals surface area contributed by atoms with E-state index in [2.05, 4.69) is 22.9 Å². The third-order valence-electron chi connectivity index (χ3n) is 5.41. The van der Waals surface area contributed by atoms with Gasteiger partial charge in [0.1, 0.15) is 0 Å². The predicted octanol–water partition coefficient (Wildman–Crippen LogP) is 5.08. The number of para-hydroxylation sites is 1. The van der Waals surface area contributed by atoms with Gasteiger partial charge < -0.3 is 9.64 Å². The van der Waals surface area contributed by atoms with E-state index in [9.17, 15) is 9.59 Å². The number of halogens is 1. The summed E-state index contributed by atoms with van der Waals surface area (Å²) in [6, 6.07) is 16.9. The standard InChI is InChI=1S/C24H23BrN2O3/c1-16-5-4-12-27(14-16)23(28)15-30-24(29)20-13-22(17-8-10-18(25)11-9-17)26-21-7-3-2-6-19(20)21/h2-3,6-11,13,16H,4-5,12,14-15H2,1H3. The number of hydrogen-bond acceptors (Lipinski definition) is 4. The fourth-order valence-electron chi connectivity index (χ4n) is 3.83. The summed E-state index contributed by atoms with van der Waals surface area (Å²) < 4.78 is 6.40. The summed E-state index contributed by atoms with van der Waals surface area (Å²) in [5.74, 6) is -0.164. The molecule has 2 heterocycles. The van der Waals surface area contributed by atoms with Crippen molar-refractivity contribution in [2.24, 2.45) is 5.92 Å². The number of ether oxygens (including phenoxy) is 1. The molecule has 1 fully saturated rings. The molecular formula is C24H23BrN2O3. The van der Waals surface area contributed by atoms with Gasteiger partial charge in [-0.1, -0.05) is 53.2 Å². The molecule has 0 spiro atoms. The van der Waals surface area contributed by atoms with Gasteiger partial charge in [-0.2, -0.15) is 0 Å². The molecule has 0 N–H and O–H groups in total. The van der Waals surface area contributed by atoms with Gasteiger partial charge in [0.2, 0.25) is 0 Å². The van der Waals surface area contributed by atoms with E-state index in [1.54, 1.807) is 11.0 Å². The molecule has 0 bridgehead atoms. The lowest BCUT2D eigenvalue weighted by Gasteiger charge is -2.30. The van der Waals surface area contributed by atoms with Crippen LogP contribution in [0.3, 0.4) is 0 Å². The summed E-state index contributed by atoms with van der Waals surface area (Å²) in [6.07, 6.45) is 2.12. The molecular weight excluding hydrogens is 444 g/mol. The molecule has 2 aromatic carbocycles. The van der Waals surface area contributed by atoms with Crippen molar-refractivity contribution in [3.63, 3.8) is 0 Å². The van der Waals surface area contributed by atoms with Crippen LogP contribution in [0.4, 0.5) is 0 Å². The highest BCUT2D eigenvalue weighted by molar-refractivity contribution is 9.10. The number of pyridine rings is 1.